The monoisotopic (exact) mass is 388 g/mol. The molecule has 1 fully saturated rings. The van der Waals surface area contributed by atoms with E-state index in [2.05, 4.69) is 15.0 Å². The number of hydrogen-bond donors (Lipinski definition) is 3. The van der Waals surface area contributed by atoms with Gasteiger partial charge in [-0.25, -0.2) is 0 Å². The number of hydrogen-bond acceptors (Lipinski definition) is 6. The lowest BCUT2D eigenvalue weighted by Gasteiger charge is -2.20. The van der Waals surface area contributed by atoms with Gasteiger partial charge in [-0.05, 0) is 12.1 Å². The van der Waals surface area contributed by atoms with E-state index in [-0.39, 0.29) is 41.5 Å². The van der Waals surface area contributed by atoms with Crippen molar-refractivity contribution >= 4 is 34.2 Å². The second-order valence-corrected chi connectivity index (χ2v) is 7.60. The van der Waals surface area contributed by atoms with Gasteiger partial charge in [0, 0.05) is 38.2 Å². The number of nitrogens with one attached hydrogen (secondary N) is 2. The van der Waals surface area contributed by atoms with E-state index >= 15 is 0 Å². The number of sulfonamides is 1. The molecule has 1 amide bonds. The van der Waals surface area contributed by atoms with Crippen LogP contribution < -0.4 is 10.6 Å². The van der Waals surface area contributed by atoms with Crippen LogP contribution in [-0.2, 0) is 14.8 Å². The molecule has 3 N–H and O–H groups in total. The SMILES string of the molecule is CN(CC(=O)NCC1CNCC1O)C1=NS(=O)(=O)c2ccccc21.Cl. The first-order valence-corrected chi connectivity index (χ1v) is 9.13. The molecule has 0 bridgehead atoms. The number of amidine groups is 1. The zero-order valence-corrected chi connectivity index (χ0v) is 15.3. The summed E-state index contributed by atoms with van der Waals surface area (Å²) in [5, 5.41) is 15.5. The Hall–Kier alpha value is -1.68. The van der Waals surface area contributed by atoms with E-state index in [1.807, 2.05) is 0 Å². The van der Waals surface area contributed by atoms with Gasteiger partial charge in [-0.1, -0.05) is 12.1 Å². The van der Waals surface area contributed by atoms with Gasteiger partial charge in [-0.15, -0.1) is 16.8 Å². The van der Waals surface area contributed by atoms with Gasteiger partial charge in [0.2, 0.25) is 5.91 Å². The first kappa shape index (κ1) is 19.6. The summed E-state index contributed by atoms with van der Waals surface area (Å²) in [5.74, 6) is 0.00794. The highest BCUT2D eigenvalue weighted by Gasteiger charge is 2.31. The average Bonchev–Trinajstić information content (AvgIpc) is 3.07. The normalized spacial score (nSPS) is 23.4. The van der Waals surface area contributed by atoms with Crippen LogP contribution in [-0.4, -0.2) is 69.5 Å². The minimum atomic E-state index is -3.69. The molecular formula is C15H21ClN4O4S. The first-order valence-electron chi connectivity index (χ1n) is 7.69. The molecule has 0 saturated carbocycles. The van der Waals surface area contributed by atoms with E-state index in [4.69, 9.17) is 0 Å². The van der Waals surface area contributed by atoms with Crippen LogP contribution in [0.1, 0.15) is 5.56 Å². The van der Waals surface area contributed by atoms with Gasteiger partial charge in [-0.3, -0.25) is 4.79 Å². The van der Waals surface area contributed by atoms with Crippen molar-refractivity contribution in [3.05, 3.63) is 29.8 Å². The number of fused-ring (bicyclic) bond motifs is 1. The highest BCUT2D eigenvalue weighted by molar-refractivity contribution is 7.90. The van der Waals surface area contributed by atoms with Crippen molar-refractivity contribution < 1.29 is 18.3 Å². The number of rotatable bonds is 4. The molecule has 1 saturated heterocycles. The Morgan fingerprint density at radius 1 is 1.40 bits per heavy atom. The van der Waals surface area contributed by atoms with Gasteiger partial charge in [0.05, 0.1) is 12.6 Å². The van der Waals surface area contributed by atoms with Crippen LogP contribution in [0.4, 0.5) is 0 Å². The van der Waals surface area contributed by atoms with Gasteiger partial charge in [0.25, 0.3) is 10.0 Å². The molecular weight excluding hydrogens is 368 g/mol. The van der Waals surface area contributed by atoms with Crippen LogP contribution in [0, 0.1) is 5.92 Å². The number of halogens is 1. The summed E-state index contributed by atoms with van der Waals surface area (Å²) in [6, 6.07) is 6.55. The molecule has 2 aliphatic rings. The van der Waals surface area contributed by atoms with Crippen LogP contribution in [0.15, 0.2) is 33.6 Å². The maximum atomic E-state index is 12.1. The lowest BCUT2D eigenvalue weighted by Crippen LogP contribution is -2.41. The number of carbonyl (C=O) groups is 1. The second kappa shape index (κ2) is 7.69. The van der Waals surface area contributed by atoms with Crippen LogP contribution in [0.25, 0.3) is 0 Å². The molecule has 8 nitrogen and oxygen atoms in total. The van der Waals surface area contributed by atoms with Gasteiger partial charge >= 0.3 is 0 Å². The minimum absolute atomic E-state index is 0. The largest absolute Gasteiger partial charge is 0.391 e. The van der Waals surface area contributed by atoms with Crippen molar-refractivity contribution in [1.82, 2.24) is 15.5 Å². The molecule has 0 radical (unpaired) electrons. The molecule has 2 aliphatic heterocycles. The Kier molecular flexibility index (Phi) is 6.04. The molecule has 1 aromatic rings. The number of benzene rings is 1. The van der Waals surface area contributed by atoms with Gasteiger partial charge in [0.1, 0.15) is 4.90 Å². The number of likely N-dealkylation sites (N-methyl/N-ethyl adjacent to an activating group) is 1. The zero-order chi connectivity index (χ0) is 17.3. The number of carbonyl (C=O) groups excluding carboxylic acids is 1. The van der Waals surface area contributed by atoms with E-state index in [0.29, 0.717) is 25.2 Å². The second-order valence-electron chi connectivity index (χ2n) is 6.03. The molecule has 2 atom stereocenters. The molecule has 1 aromatic carbocycles. The smallest absolute Gasteiger partial charge is 0.285 e. The zero-order valence-electron chi connectivity index (χ0n) is 13.7. The fourth-order valence-electron chi connectivity index (χ4n) is 2.88. The average molecular weight is 389 g/mol. The standard InChI is InChI=1S/C15H20N4O4S.ClH/c1-19(9-14(21)17-7-10-6-16-8-12(10)20)15-11-4-2-3-5-13(11)24(22,23)18-15;/h2-5,10,12,16,20H,6-9H2,1H3,(H,17,21);1H. The maximum absolute atomic E-state index is 12.1. The van der Waals surface area contributed by atoms with Crippen LogP contribution in [0.3, 0.4) is 0 Å². The van der Waals surface area contributed by atoms with Gasteiger partial charge < -0.3 is 20.6 Å². The molecule has 10 heteroatoms. The van der Waals surface area contributed by atoms with E-state index in [9.17, 15) is 18.3 Å². The fraction of sp³-hybridized carbons (Fsp3) is 0.467. The summed E-state index contributed by atoms with van der Waals surface area (Å²) < 4.78 is 27.9. The van der Waals surface area contributed by atoms with Crippen molar-refractivity contribution in [2.75, 3.05) is 33.2 Å². The predicted octanol–water partition coefficient (Wildman–Crippen LogP) is -0.814. The number of aliphatic hydroxyl groups excluding tert-OH is 1. The summed E-state index contributed by atoms with van der Waals surface area (Å²) in [7, 11) is -2.07. The molecule has 25 heavy (non-hydrogen) atoms. The predicted molar refractivity (Wildman–Crippen MR) is 95.4 cm³/mol. The lowest BCUT2D eigenvalue weighted by atomic mass is 10.1. The van der Waals surface area contributed by atoms with E-state index in [0.717, 1.165) is 0 Å². The summed E-state index contributed by atoms with van der Waals surface area (Å²) in [4.78, 5) is 13.8. The lowest BCUT2D eigenvalue weighted by molar-refractivity contribution is -0.121. The maximum Gasteiger partial charge on any atom is 0.285 e. The van der Waals surface area contributed by atoms with Crippen molar-refractivity contribution in [2.24, 2.45) is 10.3 Å². The third-order valence-corrected chi connectivity index (χ3v) is 5.55. The van der Waals surface area contributed by atoms with E-state index in [1.165, 1.54) is 11.0 Å². The van der Waals surface area contributed by atoms with Crippen LogP contribution in [0.2, 0.25) is 0 Å². The molecule has 0 aliphatic carbocycles. The van der Waals surface area contributed by atoms with Crippen molar-refractivity contribution in [2.45, 2.75) is 11.0 Å². The van der Waals surface area contributed by atoms with Crippen LogP contribution >= 0.6 is 12.4 Å². The van der Waals surface area contributed by atoms with E-state index < -0.39 is 16.1 Å². The molecule has 138 valence electrons. The summed E-state index contributed by atoms with van der Waals surface area (Å²) >= 11 is 0. The Balaban J connectivity index is 0.00000225. The number of aliphatic hydroxyl groups is 1. The van der Waals surface area contributed by atoms with Gasteiger partial charge in [-0.2, -0.15) is 8.42 Å². The third-order valence-electron chi connectivity index (χ3n) is 4.22. The molecule has 3 rings (SSSR count). The van der Waals surface area contributed by atoms with E-state index in [1.54, 1.807) is 25.2 Å². The summed E-state index contributed by atoms with van der Waals surface area (Å²) in [6.07, 6.45) is -0.459. The number of β-amino-alcohol motifs (C(OH)–C–C–N with tert-alkyl or cyclic N) is 1. The molecule has 0 spiro atoms. The fourth-order valence-corrected chi connectivity index (χ4v) is 4.13. The molecule has 2 heterocycles. The Labute approximate surface area is 152 Å². The minimum Gasteiger partial charge on any atom is -0.391 e. The summed E-state index contributed by atoms with van der Waals surface area (Å²) in [5.41, 5.74) is 0.503. The third kappa shape index (κ3) is 4.12. The number of amides is 1. The highest BCUT2D eigenvalue weighted by atomic mass is 35.5. The topological polar surface area (TPSA) is 111 Å². The Bertz CT molecular complexity index is 783. The Morgan fingerprint density at radius 2 is 2.12 bits per heavy atom. The van der Waals surface area contributed by atoms with Crippen molar-refractivity contribution in [3.63, 3.8) is 0 Å². The molecule has 2 unspecified atom stereocenters. The Morgan fingerprint density at radius 3 is 2.80 bits per heavy atom. The van der Waals surface area contributed by atoms with Crippen molar-refractivity contribution in [3.8, 4) is 0 Å². The summed E-state index contributed by atoms with van der Waals surface area (Å²) in [6.45, 7) is 1.56. The quantitative estimate of drug-likeness (QED) is 0.622. The van der Waals surface area contributed by atoms with Gasteiger partial charge in [0.15, 0.2) is 5.84 Å². The highest BCUT2D eigenvalue weighted by Crippen LogP contribution is 2.26. The molecule has 0 aromatic heterocycles. The number of nitrogens with zero attached hydrogens (tertiary/aromatic N) is 2. The van der Waals surface area contributed by atoms with Crippen LogP contribution in [0.5, 0.6) is 0 Å². The first-order chi connectivity index (χ1) is 11.4. The van der Waals surface area contributed by atoms with Crippen molar-refractivity contribution in [1.29, 1.82) is 0 Å².